The molecule has 0 saturated carbocycles. The molecule has 45 heteroatoms. The normalized spacial score (nSPS) is 15.6. The number of carboxylic acids is 3. The number of primary amides is 1. The van der Waals surface area contributed by atoms with E-state index < -0.39 is 254 Å². The summed E-state index contributed by atoms with van der Waals surface area (Å²) in [4.78, 5) is 234. The molecule has 44 nitrogen and oxygen atoms in total. The van der Waals surface area contributed by atoms with Crippen LogP contribution >= 0.6 is 12.6 Å². The van der Waals surface area contributed by atoms with E-state index in [-0.39, 0.29) is 106 Å². The van der Waals surface area contributed by atoms with Gasteiger partial charge in [-0.25, -0.2) is 4.79 Å². The summed E-state index contributed by atoms with van der Waals surface area (Å²) in [5.41, 5.74) is 22.9. The number of hydrogen-bond donors (Lipinski definition) is 27. The van der Waals surface area contributed by atoms with Crippen LogP contribution in [0.5, 0.6) is 11.5 Å². The number of carbonyl (C=O) groups is 17. The quantitative estimate of drug-likeness (QED) is 0.0127. The molecule has 1 saturated heterocycles. The van der Waals surface area contributed by atoms with Crippen LogP contribution < -0.4 is 97.4 Å². The van der Waals surface area contributed by atoms with Crippen molar-refractivity contribution in [2.24, 2.45) is 40.7 Å². The van der Waals surface area contributed by atoms with Crippen LogP contribution in [-0.4, -0.2) is 265 Å². The second kappa shape index (κ2) is 51.2. The molecule has 14 unspecified atom stereocenters. The van der Waals surface area contributed by atoms with Crippen molar-refractivity contribution in [2.75, 3.05) is 31.9 Å². The number of aliphatic carboxylic acids is 3. The standard InChI is InChI=1S/C75H117N21O23S/c1-36(2)29-49(90-63(108)48(23-25-58(104)105)87-66(111)50(30-37(3)4)92-69(114)54-13-10-28-96(54)72(117)52(32-41-16-20-43(99)21-17-41)93-61(106)44(76)33-55(77)100)67(112)91-51(31-40-14-18-42(98)19-15-40)68(113)88-47(22-24-57(102)103)62(107)86-45(11-8-26-82-74(78)79)64(109)94-59(38(5)6)71(116)89-46(12-9-27-83-75(80)81)65(110)95-60(39(7)97)70(115)84-34-56(101)85-53(35-120)73(118)119/h14-21,36-39,44-54,59-60,97-99,120H,8-13,22-35,76H2,1-7H3,(H2,77,100)(H,84,115)(H,85,101)(H,86,107)(H,87,111)(H,88,113)(H,89,116)(H,90,108)(H,91,112)(H,92,114)(H,93,106)(H,94,109)(H,95,110)(H,102,103)(H,104,105)(H,118,119)(H4,78,79,82)(H4,80,81,83). The molecule has 14 atom stereocenters. The van der Waals surface area contributed by atoms with E-state index in [2.05, 4.69) is 87.1 Å². The molecule has 2 aromatic rings. The summed E-state index contributed by atoms with van der Waals surface area (Å²) in [6, 6.07) is -9.76. The van der Waals surface area contributed by atoms with Gasteiger partial charge in [0.15, 0.2) is 11.9 Å². The third kappa shape index (κ3) is 37.2. The van der Waals surface area contributed by atoms with E-state index in [0.717, 1.165) is 6.92 Å². The number of aromatic hydroxyl groups is 2. The predicted molar refractivity (Wildman–Crippen MR) is 433 cm³/mol. The summed E-state index contributed by atoms with van der Waals surface area (Å²) in [5, 5.41) is 110. The number of hydrogen-bond acceptors (Lipinski definition) is 24. The number of amides is 14. The summed E-state index contributed by atoms with van der Waals surface area (Å²) in [5.74, 6) is -21.8. The fraction of sp³-hybridized carbons (Fsp3) is 0.587. The maximum atomic E-state index is 14.9. The van der Waals surface area contributed by atoms with Crippen molar-refractivity contribution in [1.82, 2.24) is 79.3 Å². The van der Waals surface area contributed by atoms with E-state index in [9.17, 15) is 112 Å². The number of aliphatic hydroxyl groups excluding tert-OH is 1. The first kappa shape index (κ1) is 102. The third-order valence-corrected chi connectivity index (χ3v) is 19.0. The number of nitrogens with one attached hydrogen (secondary N) is 16. The van der Waals surface area contributed by atoms with E-state index in [0.29, 0.717) is 5.56 Å². The Morgan fingerprint density at radius 2 is 0.867 bits per heavy atom. The number of guanidine groups is 2. The van der Waals surface area contributed by atoms with Crippen molar-refractivity contribution in [3.05, 3.63) is 59.7 Å². The molecule has 0 bridgehead atoms. The van der Waals surface area contributed by atoms with Gasteiger partial charge in [-0.05, 0) is 124 Å². The first-order valence-corrected chi connectivity index (χ1v) is 39.6. The van der Waals surface area contributed by atoms with Crippen LogP contribution in [0, 0.1) is 28.6 Å². The van der Waals surface area contributed by atoms with Crippen molar-refractivity contribution >= 4 is 125 Å². The fourth-order valence-electron chi connectivity index (χ4n) is 12.4. The molecule has 2 aromatic carbocycles. The molecule has 30 N–H and O–H groups in total. The van der Waals surface area contributed by atoms with Gasteiger partial charge in [0.25, 0.3) is 0 Å². The highest BCUT2D eigenvalue weighted by Gasteiger charge is 2.42. The Labute approximate surface area is 697 Å². The summed E-state index contributed by atoms with van der Waals surface area (Å²) < 4.78 is 0. The smallest absolute Gasteiger partial charge is 0.327 e. The fourth-order valence-corrected chi connectivity index (χ4v) is 12.6. The zero-order valence-corrected chi connectivity index (χ0v) is 68.8. The van der Waals surface area contributed by atoms with Crippen molar-refractivity contribution in [2.45, 2.75) is 229 Å². The Balaban J connectivity index is 2.03. The molecular formula is C75H117N21O23S. The Hall–Kier alpha value is -12.2. The van der Waals surface area contributed by atoms with Gasteiger partial charge in [0.1, 0.15) is 84.0 Å². The second-order valence-corrected chi connectivity index (χ2v) is 30.5. The number of rotatable bonds is 53. The Morgan fingerprint density at radius 1 is 0.475 bits per heavy atom. The monoisotopic (exact) mass is 1710 g/mol. The number of benzene rings is 2. The lowest BCUT2D eigenvalue weighted by Gasteiger charge is -2.31. The summed E-state index contributed by atoms with van der Waals surface area (Å²) in [6.45, 7) is 9.87. The lowest BCUT2D eigenvalue weighted by Crippen LogP contribution is -2.62. The Kier molecular flexibility index (Phi) is 43.6. The van der Waals surface area contributed by atoms with E-state index in [1.807, 2.05) is 0 Å². The third-order valence-electron chi connectivity index (χ3n) is 18.6. The van der Waals surface area contributed by atoms with Crippen molar-refractivity contribution in [3.63, 3.8) is 0 Å². The van der Waals surface area contributed by atoms with E-state index >= 15 is 0 Å². The average Bonchev–Trinajstić information content (AvgIpc) is 1.63. The number of nitrogens with zero attached hydrogens (tertiary/aromatic N) is 1. The second-order valence-electron chi connectivity index (χ2n) is 30.1. The zero-order chi connectivity index (χ0) is 90.4. The molecule has 1 fully saturated rings. The molecule has 3 rings (SSSR count). The topological polar surface area (TPSA) is 735 Å². The molecule has 666 valence electrons. The molecule has 1 heterocycles. The van der Waals surface area contributed by atoms with Gasteiger partial charge in [-0.1, -0.05) is 65.8 Å². The largest absolute Gasteiger partial charge is 0.508 e. The SMILES string of the molecule is CC(C)CC(NC(=O)C(CCC(=O)O)NC(=O)C(CC(C)C)NC(=O)C1CCCN1C(=O)C(Cc1ccc(O)cc1)NC(=O)C(N)CC(N)=O)C(=O)NC(Cc1ccc(O)cc1)C(=O)NC(CCC(=O)O)C(=O)NC(CCCNC(=N)N)C(=O)NC(C(=O)NC(CCCNC(=N)N)C(=O)NC(C(=O)NCC(=O)NC(CS)C(=O)O)C(C)O)C(C)C. The van der Waals surface area contributed by atoms with Gasteiger partial charge < -0.3 is 133 Å². The van der Waals surface area contributed by atoms with Crippen LogP contribution in [0.1, 0.15) is 143 Å². The highest BCUT2D eigenvalue weighted by Crippen LogP contribution is 2.23. The number of carbonyl (C=O) groups excluding carboxylic acids is 14. The van der Waals surface area contributed by atoms with Crippen LogP contribution in [-0.2, 0) is 94.3 Å². The molecule has 0 spiro atoms. The average molecular weight is 1710 g/mol. The van der Waals surface area contributed by atoms with Crippen LogP contribution in [0.3, 0.4) is 0 Å². The lowest BCUT2D eigenvalue weighted by atomic mass is 9.99. The van der Waals surface area contributed by atoms with Gasteiger partial charge in [-0.2, -0.15) is 12.6 Å². The Morgan fingerprint density at radius 3 is 1.28 bits per heavy atom. The number of phenols is 2. The summed E-state index contributed by atoms with van der Waals surface area (Å²) in [7, 11) is 0. The lowest BCUT2D eigenvalue weighted by molar-refractivity contribution is -0.142. The summed E-state index contributed by atoms with van der Waals surface area (Å²) >= 11 is 3.87. The van der Waals surface area contributed by atoms with Crippen LogP contribution in [0.4, 0.5) is 0 Å². The predicted octanol–water partition coefficient (Wildman–Crippen LogP) is -6.07. The highest BCUT2D eigenvalue weighted by atomic mass is 32.1. The molecule has 0 aliphatic carbocycles. The maximum absolute atomic E-state index is 14.9. The minimum atomic E-state index is -1.88. The first-order valence-electron chi connectivity index (χ1n) is 38.9. The maximum Gasteiger partial charge on any atom is 0.327 e. The van der Waals surface area contributed by atoms with E-state index in [1.165, 1.54) is 67.3 Å². The number of likely N-dealkylation sites (tertiary alicyclic amines) is 1. The minimum Gasteiger partial charge on any atom is -0.508 e. The zero-order valence-electron chi connectivity index (χ0n) is 67.9. The number of aliphatic hydroxyl groups is 1. The number of phenolic OH excluding ortho intramolecular Hbond substituents is 2. The van der Waals surface area contributed by atoms with Gasteiger partial charge in [-0.3, -0.25) is 87.5 Å². The van der Waals surface area contributed by atoms with Gasteiger partial charge in [0, 0.05) is 51.1 Å². The van der Waals surface area contributed by atoms with Crippen LogP contribution in [0.2, 0.25) is 0 Å². The number of thiol groups is 1. The van der Waals surface area contributed by atoms with Crippen LogP contribution in [0.25, 0.3) is 0 Å². The van der Waals surface area contributed by atoms with Gasteiger partial charge in [0.05, 0.1) is 25.1 Å². The van der Waals surface area contributed by atoms with E-state index in [4.69, 9.17) is 33.8 Å². The molecule has 1 aliphatic rings. The van der Waals surface area contributed by atoms with Crippen molar-refractivity contribution in [3.8, 4) is 11.5 Å². The molecule has 14 amide bonds. The minimum absolute atomic E-state index is 0.000243. The Bertz CT molecular complexity index is 3910. The molecule has 120 heavy (non-hydrogen) atoms. The number of carboxylic acid groups (broad SMARTS) is 3. The molecular weight excluding hydrogens is 1600 g/mol. The van der Waals surface area contributed by atoms with Crippen molar-refractivity contribution < 1.29 is 112 Å². The highest BCUT2D eigenvalue weighted by molar-refractivity contribution is 7.80. The van der Waals surface area contributed by atoms with Gasteiger partial charge in [-0.15, -0.1) is 0 Å². The van der Waals surface area contributed by atoms with Gasteiger partial charge in [0.2, 0.25) is 82.7 Å². The number of nitrogens with two attached hydrogens (primary N) is 4. The first-order chi connectivity index (χ1) is 56.3. The molecule has 0 radical (unpaired) electrons. The molecule has 1 aliphatic heterocycles. The van der Waals surface area contributed by atoms with Crippen LogP contribution in [0.15, 0.2) is 48.5 Å². The van der Waals surface area contributed by atoms with Gasteiger partial charge >= 0.3 is 17.9 Å². The van der Waals surface area contributed by atoms with E-state index in [1.54, 1.807) is 27.7 Å². The van der Waals surface area contributed by atoms with Crippen molar-refractivity contribution in [1.29, 1.82) is 10.8 Å². The summed E-state index contributed by atoms with van der Waals surface area (Å²) in [6.07, 6.45) is -6.27. The molecule has 0 aromatic heterocycles.